The number of aliphatic imine (C=N–C) groups is 1. The molecule has 2 aliphatic rings. The van der Waals surface area contributed by atoms with Crippen LogP contribution in [0.25, 0.3) is 6.08 Å². The van der Waals surface area contributed by atoms with Gasteiger partial charge in [0.15, 0.2) is 5.17 Å². The Morgan fingerprint density at radius 2 is 2.05 bits per heavy atom. The number of benzene rings is 1. The number of rotatable bonds is 2. The molecule has 1 aromatic carbocycles. The highest BCUT2D eigenvalue weighted by Gasteiger charge is 2.25. The van der Waals surface area contributed by atoms with E-state index < -0.39 is 11.6 Å². The van der Waals surface area contributed by atoms with Crippen molar-refractivity contribution >= 4 is 28.9 Å². The molecule has 0 atom stereocenters. The molecule has 1 aliphatic carbocycles. The Morgan fingerprint density at radius 1 is 1.29 bits per heavy atom. The largest absolute Gasteiger partial charge is 0.301 e. The molecule has 6 heteroatoms. The maximum atomic E-state index is 13.6. The van der Waals surface area contributed by atoms with E-state index in [4.69, 9.17) is 0 Å². The lowest BCUT2D eigenvalue weighted by molar-refractivity contribution is -0.115. The first-order valence-corrected chi connectivity index (χ1v) is 7.67. The summed E-state index contributed by atoms with van der Waals surface area (Å²) in [7, 11) is 0. The van der Waals surface area contributed by atoms with Crippen molar-refractivity contribution in [2.45, 2.75) is 31.7 Å². The summed E-state index contributed by atoms with van der Waals surface area (Å²) in [5.41, 5.74) is 0.191. The van der Waals surface area contributed by atoms with Crippen LogP contribution in [0.4, 0.5) is 8.78 Å². The Kier molecular flexibility index (Phi) is 4.05. The molecule has 3 rings (SSSR count). The van der Waals surface area contributed by atoms with Crippen LogP contribution in [0.15, 0.2) is 28.1 Å². The topological polar surface area (TPSA) is 41.5 Å². The molecule has 1 saturated heterocycles. The summed E-state index contributed by atoms with van der Waals surface area (Å²) in [5.74, 6) is -1.61. The molecule has 1 heterocycles. The summed E-state index contributed by atoms with van der Waals surface area (Å²) >= 11 is 1.20. The van der Waals surface area contributed by atoms with Gasteiger partial charge in [0, 0.05) is 11.6 Å². The van der Waals surface area contributed by atoms with Crippen LogP contribution in [0, 0.1) is 11.6 Å². The van der Waals surface area contributed by atoms with E-state index in [1.165, 1.54) is 42.8 Å². The minimum atomic E-state index is -0.683. The number of nitrogens with one attached hydrogen (secondary N) is 1. The molecule has 1 saturated carbocycles. The molecule has 1 aliphatic heterocycles. The van der Waals surface area contributed by atoms with Gasteiger partial charge in [-0.3, -0.25) is 9.79 Å². The Labute approximate surface area is 125 Å². The van der Waals surface area contributed by atoms with Crippen molar-refractivity contribution in [3.05, 3.63) is 40.3 Å². The predicted molar refractivity (Wildman–Crippen MR) is 79.8 cm³/mol. The number of carbonyl (C=O) groups is 1. The highest BCUT2D eigenvalue weighted by atomic mass is 32.2. The summed E-state index contributed by atoms with van der Waals surface area (Å²) in [6.07, 6.45) is 5.86. The molecule has 1 N–H and O–H groups in total. The molecule has 0 spiro atoms. The minimum absolute atomic E-state index is 0.191. The number of thioether (sulfide) groups is 1. The molecule has 0 bridgehead atoms. The third kappa shape index (κ3) is 3.32. The number of amidine groups is 1. The van der Waals surface area contributed by atoms with Crippen molar-refractivity contribution in [3.8, 4) is 0 Å². The maximum absolute atomic E-state index is 13.6. The second-order valence-electron chi connectivity index (χ2n) is 5.10. The van der Waals surface area contributed by atoms with Gasteiger partial charge < -0.3 is 5.32 Å². The van der Waals surface area contributed by atoms with Crippen LogP contribution in [0.3, 0.4) is 0 Å². The van der Waals surface area contributed by atoms with E-state index in [1.807, 2.05) is 0 Å². The Balaban J connectivity index is 1.79. The summed E-state index contributed by atoms with van der Waals surface area (Å²) in [4.78, 5) is 16.7. The minimum Gasteiger partial charge on any atom is -0.301 e. The molecule has 0 unspecified atom stereocenters. The molecular formula is C15H14F2N2OS. The van der Waals surface area contributed by atoms with E-state index in [0.717, 1.165) is 18.9 Å². The van der Waals surface area contributed by atoms with Gasteiger partial charge in [-0.1, -0.05) is 12.8 Å². The number of hydrogen-bond donors (Lipinski definition) is 1. The lowest BCUT2D eigenvalue weighted by atomic mass is 10.2. The van der Waals surface area contributed by atoms with Gasteiger partial charge in [-0.15, -0.1) is 0 Å². The number of hydrogen-bond acceptors (Lipinski definition) is 3. The van der Waals surface area contributed by atoms with E-state index in [2.05, 4.69) is 10.3 Å². The molecule has 110 valence electrons. The lowest BCUT2D eigenvalue weighted by Gasteiger charge is -2.02. The quantitative estimate of drug-likeness (QED) is 0.850. The van der Waals surface area contributed by atoms with Gasteiger partial charge in [-0.05, 0) is 42.8 Å². The third-order valence-electron chi connectivity index (χ3n) is 3.52. The van der Waals surface area contributed by atoms with Crippen LogP contribution in [-0.4, -0.2) is 17.1 Å². The molecule has 1 aromatic rings. The Morgan fingerprint density at radius 3 is 2.76 bits per heavy atom. The van der Waals surface area contributed by atoms with Crippen LogP contribution in [0.2, 0.25) is 0 Å². The fraction of sp³-hybridized carbons (Fsp3) is 0.333. The van der Waals surface area contributed by atoms with Crippen LogP contribution in [0.1, 0.15) is 31.2 Å². The molecule has 1 amide bonds. The SMILES string of the molecule is O=C1NC(=NC2CCCC2)SC1=Cc1ccc(F)cc1F. The van der Waals surface area contributed by atoms with Crippen molar-refractivity contribution in [1.29, 1.82) is 0 Å². The lowest BCUT2D eigenvalue weighted by Crippen LogP contribution is -2.21. The van der Waals surface area contributed by atoms with Gasteiger partial charge in [-0.2, -0.15) is 0 Å². The summed E-state index contributed by atoms with van der Waals surface area (Å²) < 4.78 is 26.5. The monoisotopic (exact) mass is 308 g/mol. The smallest absolute Gasteiger partial charge is 0.264 e. The zero-order valence-electron chi connectivity index (χ0n) is 11.2. The molecule has 3 nitrogen and oxygen atoms in total. The first-order valence-electron chi connectivity index (χ1n) is 6.85. The maximum Gasteiger partial charge on any atom is 0.264 e. The highest BCUT2D eigenvalue weighted by Crippen LogP contribution is 2.29. The molecule has 2 fully saturated rings. The average Bonchev–Trinajstić information content (AvgIpc) is 3.04. The second kappa shape index (κ2) is 5.97. The van der Waals surface area contributed by atoms with Crippen LogP contribution in [-0.2, 0) is 4.79 Å². The first kappa shape index (κ1) is 14.3. The Hall–Kier alpha value is -1.69. The van der Waals surface area contributed by atoms with Crippen molar-refractivity contribution in [2.75, 3.05) is 0 Å². The van der Waals surface area contributed by atoms with E-state index in [-0.39, 0.29) is 17.5 Å². The third-order valence-corrected chi connectivity index (χ3v) is 4.45. The van der Waals surface area contributed by atoms with E-state index >= 15 is 0 Å². The van der Waals surface area contributed by atoms with Gasteiger partial charge in [0.25, 0.3) is 5.91 Å². The predicted octanol–water partition coefficient (Wildman–Crippen LogP) is 3.47. The van der Waals surface area contributed by atoms with Crippen LogP contribution in [0.5, 0.6) is 0 Å². The van der Waals surface area contributed by atoms with Crippen molar-refractivity contribution < 1.29 is 13.6 Å². The number of amides is 1. The molecular weight excluding hydrogens is 294 g/mol. The fourth-order valence-corrected chi connectivity index (χ4v) is 3.33. The van der Waals surface area contributed by atoms with E-state index in [0.29, 0.717) is 10.1 Å². The zero-order chi connectivity index (χ0) is 14.8. The highest BCUT2D eigenvalue weighted by molar-refractivity contribution is 8.18. The van der Waals surface area contributed by atoms with Crippen LogP contribution >= 0.6 is 11.8 Å². The summed E-state index contributed by atoms with van der Waals surface area (Å²) in [6.45, 7) is 0. The number of nitrogens with zero attached hydrogens (tertiary/aromatic N) is 1. The molecule has 0 aromatic heterocycles. The Bertz CT molecular complexity index is 637. The van der Waals surface area contributed by atoms with E-state index in [9.17, 15) is 13.6 Å². The fourth-order valence-electron chi connectivity index (χ4n) is 2.45. The van der Waals surface area contributed by atoms with Gasteiger partial charge in [0.1, 0.15) is 11.6 Å². The van der Waals surface area contributed by atoms with Gasteiger partial charge in [0.05, 0.1) is 10.9 Å². The molecule has 21 heavy (non-hydrogen) atoms. The van der Waals surface area contributed by atoms with E-state index in [1.54, 1.807) is 0 Å². The molecule has 0 radical (unpaired) electrons. The number of halogens is 2. The van der Waals surface area contributed by atoms with Crippen molar-refractivity contribution in [1.82, 2.24) is 5.32 Å². The van der Waals surface area contributed by atoms with Crippen molar-refractivity contribution in [3.63, 3.8) is 0 Å². The van der Waals surface area contributed by atoms with Gasteiger partial charge in [-0.25, -0.2) is 8.78 Å². The first-order chi connectivity index (χ1) is 10.1. The number of carbonyl (C=O) groups excluding carboxylic acids is 1. The average molecular weight is 308 g/mol. The summed E-state index contributed by atoms with van der Waals surface area (Å²) in [6, 6.07) is 3.56. The summed E-state index contributed by atoms with van der Waals surface area (Å²) in [5, 5.41) is 3.26. The second-order valence-corrected chi connectivity index (χ2v) is 6.13. The zero-order valence-corrected chi connectivity index (χ0v) is 12.1. The van der Waals surface area contributed by atoms with Gasteiger partial charge in [0.2, 0.25) is 0 Å². The van der Waals surface area contributed by atoms with Crippen molar-refractivity contribution in [2.24, 2.45) is 4.99 Å². The normalized spacial score (nSPS) is 23.2. The van der Waals surface area contributed by atoms with Crippen LogP contribution < -0.4 is 5.32 Å². The standard InChI is InChI=1S/C15H14F2N2OS/c16-10-6-5-9(12(17)8-10)7-13-14(20)19-15(21-13)18-11-3-1-2-4-11/h5-8,11H,1-4H2,(H,18,19,20). The van der Waals surface area contributed by atoms with Gasteiger partial charge >= 0.3 is 0 Å².